The number of hydrogen-bond donors (Lipinski definition) is 1. The first-order valence-corrected chi connectivity index (χ1v) is 7.22. The highest BCUT2D eigenvalue weighted by molar-refractivity contribution is 5.20. The number of nitrogens with one attached hydrogen (secondary N) is 1. The van der Waals surface area contributed by atoms with Crippen LogP contribution in [-0.2, 0) is 6.42 Å². The predicted octanol–water partition coefficient (Wildman–Crippen LogP) is 4.56. The molecule has 3 heteroatoms. The van der Waals surface area contributed by atoms with Gasteiger partial charge in [-0.2, -0.15) is 0 Å². The zero-order valence-electron chi connectivity index (χ0n) is 13.5. The van der Waals surface area contributed by atoms with Gasteiger partial charge in [0.15, 0.2) is 0 Å². The van der Waals surface area contributed by atoms with Crippen molar-refractivity contribution in [3.8, 4) is 0 Å². The van der Waals surface area contributed by atoms with E-state index in [2.05, 4.69) is 46.9 Å². The average molecular weight is 283 g/mol. The Bertz CT molecular complexity index is 449. The van der Waals surface area contributed by atoms with Crippen LogP contribution in [0.1, 0.15) is 47.1 Å². The van der Waals surface area contributed by atoms with Gasteiger partial charge in [0, 0.05) is 12.1 Å². The van der Waals surface area contributed by atoms with Gasteiger partial charge < -0.3 is 5.32 Å². The van der Waals surface area contributed by atoms with Gasteiger partial charge in [0.2, 0.25) is 0 Å². The fraction of sp³-hybridized carbons (Fsp3) is 0.647. The van der Waals surface area contributed by atoms with Gasteiger partial charge in [0.05, 0.1) is 0 Å². The van der Waals surface area contributed by atoms with Crippen LogP contribution in [0.25, 0.3) is 0 Å². The zero-order chi connectivity index (χ0) is 15.6. The van der Waals surface area contributed by atoms with Crippen LogP contribution in [0.3, 0.4) is 0 Å². The monoisotopic (exact) mass is 283 g/mol. The summed E-state index contributed by atoms with van der Waals surface area (Å²) >= 11 is 0. The van der Waals surface area contributed by atoms with E-state index in [1.807, 2.05) is 0 Å². The lowest BCUT2D eigenvalue weighted by atomic mass is 9.74. The maximum atomic E-state index is 13.9. The lowest BCUT2D eigenvalue weighted by Gasteiger charge is -2.37. The van der Waals surface area contributed by atoms with Crippen molar-refractivity contribution in [1.29, 1.82) is 0 Å². The molecule has 0 fully saturated rings. The minimum Gasteiger partial charge on any atom is -0.312 e. The highest BCUT2D eigenvalue weighted by Crippen LogP contribution is 2.32. The Morgan fingerprint density at radius 2 is 1.70 bits per heavy atom. The van der Waals surface area contributed by atoms with E-state index < -0.39 is 0 Å². The number of benzene rings is 1. The summed E-state index contributed by atoms with van der Waals surface area (Å²) in [7, 11) is 0. The molecule has 1 nitrogen and oxygen atoms in total. The summed E-state index contributed by atoms with van der Waals surface area (Å²) < 4.78 is 27.2. The van der Waals surface area contributed by atoms with Crippen LogP contribution in [-0.4, -0.2) is 12.1 Å². The molecule has 1 N–H and O–H groups in total. The van der Waals surface area contributed by atoms with Crippen LogP contribution in [0, 0.1) is 23.0 Å². The number of halogens is 2. The summed E-state index contributed by atoms with van der Waals surface area (Å²) in [5.41, 5.74) is 0.343. The molecule has 1 aromatic rings. The molecule has 0 amide bonds. The summed E-state index contributed by atoms with van der Waals surface area (Å²) in [5.74, 6) is -0.342. The third-order valence-corrected chi connectivity index (χ3v) is 4.02. The van der Waals surface area contributed by atoms with Gasteiger partial charge in [0.25, 0.3) is 0 Å². The highest BCUT2D eigenvalue weighted by atomic mass is 19.1. The Morgan fingerprint density at radius 3 is 2.20 bits per heavy atom. The molecule has 0 bridgehead atoms. The minimum absolute atomic E-state index is 0.0105. The molecule has 0 saturated carbocycles. The SMILES string of the molecule is CC(C)C(C)(CNC(C)(C)C)Cc1cc(F)ccc1F. The van der Waals surface area contributed by atoms with Crippen LogP contribution in [0.15, 0.2) is 18.2 Å². The summed E-state index contributed by atoms with van der Waals surface area (Å²) in [5, 5.41) is 3.48. The molecular formula is C17H27F2N. The molecule has 0 saturated heterocycles. The lowest BCUT2D eigenvalue weighted by Crippen LogP contribution is -2.45. The third-order valence-electron chi connectivity index (χ3n) is 4.02. The second-order valence-corrected chi connectivity index (χ2v) is 7.32. The normalized spacial score (nSPS) is 15.4. The molecule has 20 heavy (non-hydrogen) atoms. The molecule has 0 aliphatic carbocycles. The lowest BCUT2D eigenvalue weighted by molar-refractivity contribution is 0.186. The summed E-state index contributed by atoms with van der Waals surface area (Å²) in [6.45, 7) is 13.5. The highest BCUT2D eigenvalue weighted by Gasteiger charge is 2.31. The molecule has 0 heterocycles. The maximum absolute atomic E-state index is 13.9. The Kier molecular flexibility index (Phi) is 5.31. The van der Waals surface area contributed by atoms with Crippen molar-refractivity contribution in [2.45, 2.75) is 53.5 Å². The molecule has 1 rings (SSSR count). The van der Waals surface area contributed by atoms with Crippen molar-refractivity contribution < 1.29 is 8.78 Å². The van der Waals surface area contributed by atoms with E-state index in [0.717, 1.165) is 6.54 Å². The Balaban J connectivity index is 2.93. The van der Waals surface area contributed by atoms with Crippen LogP contribution < -0.4 is 5.32 Å². The third kappa shape index (κ3) is 4.86. The Morgan fingerprint density at radius 1 is 1.10 bits per heavy atom. The second-order valence-electron chi connectivity index (χ2n) is 7.32. The first-order valence-electron chi connectivity index (χ1n) is 7.22. The second kappa shape index (κ2) is 6.21. The molecule has 0 radical (unpaired) electrons. The minimum atomic E-state index is -0.378. The van der Waals surface area contributed by atoms with Crippen LogP contribution in [0.5, 0.6) is 0 Å². The molecule has 0 spiro atoms. The smallest absolute Gasteiger partial charge is 0.126 e. The quantitative estimate of drug-likeness (QED) is 0.835. The average Bonchev–Trinajstić information content (AvgIpc) is 2.30. The molecule has 1 aromatic carbocycles. The van der Waals surface area contributed by atoms with Gasteiger partial charge in [0.1, 0.15) is 11.6 Å². The van der Waals surface area contributed by atoms with E-state index in [1.54, 1.807) is 0 Å². The van der Waals surface area contributed by atoms with E-state index in [0.29, 0.717) is 17.9 Å². The van der Waals surface area contributed by atoms with E-state index in [4.69, 9.17) is 0 Å². The summed E-state index contributed by atoms with van der Waals surface area (Å²) in [6.07, 6.45) is 0.525. The Labute approximate surface area is 121 Å². The first kappa shape index (κ1) is 17.1. The van der Waals surface area contributed by atoms with Crippen molar-refractivity contribution >= 4 is 0 Å². The van der Waals surface area contributed by atoms with Gasteiger partial charge in [-0.15, -0.1) is 0 Å². The predicted molar refractivity (Wildman–Crippen MR) is 80.8 cm³/mol. The van der Waals surface area contributed by atoms with Crippen molar-refractivity contribution in [3.63, 3.8) is 0 Å². The molecule has 1 atom stereocenters. The van der Waals surface area contributed by atoms with Gasteiger partial charge >= 0.3 is 0 Å². The van der Waals surface area contributed by atoms with Crippen LogP contribution in [0.4, 0.5) is 8.78 Å². The van der Waals surface area contributed by atoms with Gasteiger partial charge in [-0.3, -0.25) is 0 Å². The van der Waals surface area contributed by atoms with E-state index in [1.165, 1.54) is 18.2 Å². The fourth-order valence-electron chi connectivity index (χ4n) is 2.05. The summed E-state index contributed by atoms with van der Waals surface area (Å²) in [6, 6.07) is 3.69. The van der Waals surface area contributed by atoms with Crippen molar-refractivity contribution in [3.05, 3.63) is 35.4 Å². The summed E-state index contributed by atoms with van der Waals surface area (Å²) in [4.78, 5) is 0. The van der Waals surface area contributed by atoms with Crippen molar-refractivity contribution in [2.24, 2.45) is 11.3 Å². The van der Waals surface area contributed by atoms with Crippen molar-refractivity contribution in [1.82, 2.24) is 5.32 Å². The number of rotatable bonds is 5. The van der Waals surface area contributed by atoms with Gasteiger partial charge in [-0.05, 0) is 62.3 Å². The molecule has 0 aromatic heterocycles. The van der Waals surface area contributed by atoms with Gasteiger partial charge in [-0.1, -0.05) is 20.8 Å². The standard InChI is InChI=1S/C17H27F2N/c1-12(2)17(6,11-20-16(3,4)5)10-13-9-14(18)7-8-15(13)19/h7-9,12,20H,10-11H2,1-6H3. The largest absolute Gasteiger partial charge is 0.312 e. The van der Waals surface area contributed by atoms with Crippen LogP contribution >= 0.6 is 0 Å². The Hall–Kier alpha value is -0.960. The van der Waals surface area contributed by atoms with Crippen LogP contribution in [0.2, 0.25) is 0 Å². The van der Waals surface area contributed by atoms with Crippen molar-refractivity contribution in [2.75, 3.05) is 6.54 Å². The zero-order valence-corrected chi connectivity index (χ0v) is 13.5. The van der Waals surface area contributed by atoms with E-state index >= 15 is 0 Å². The van der Waals surface area contributed by atoms with Gasteiger partial charge in [-0.25, -0.2) is 8.78 Å². The molecule has 0 aliphatic rings. The molecule has 1 unspecified atom stereocenters. The molecular weight excluding hydrogens is 256 g/mol. The fourth-order valence-corrected chi connectivity index (χ4v) is 2.05. The topological polar surface area (TPSA) is 12.0 Å². The van der Waals surface area contributed by atoms with E-state index in [9.17, 15) is 8.78 Å². The number of hydrogen-bond acceptors (Lipinski definition) is 1. The molecule has 0 aliphatic heterocycles. The molecule has 114 valence electrons. The first-order chi connectivity index (χ1) is 9.03. The van der Waals surface area contributed by atoms with E-state index in [-0.39, 0.29) is 22.6 Å². The maximum Gasteiger partial charge on any atom is 0.126 e.